The molecule has 0 spiro atoms. The highest BCUT2D eigenvalue weighted by Crippen LogP contribution is 2.25. The number of carboxylic acids is 1. The third-order valence-corrected chi connectivity index (χ3v) is 3.13. The highest BCUT2D eigenvalue weighted by Gasteiger charge is 2.30. The summed E-state index contributed by atoms with van der Waals surface area (Å²) in [6.07, 6.45) is 1.89. The predicted molar refractivity (Wildman–Crippen MR) is 70.0 cm³/mol. The number of hydrogen-bond donors (Lipinski definition) is 3. The molecule has 1 aromatic rings. The highest BCUT2D eigenvalue weighted by molar-refractivity contribution is 5.91. The van der Waals surface area contributed by atoms with Gasteiger partial charge in [-0.25, -0.2) is 9.78 Å². The molecule has 1 aliphatic heterocycles. The summed E-state index contributed by atoms with van der Waals surface area (Å²) in [5.74, 6) is -0.668. The Balaban J connectivity index is 2.35. The van der Waals surface area contributed by atoms with Gasteiger partial charge in [-0.2, -0.15) is 0 Å². The molecule has 1 aliphatic rings. The Morgan fingerprint density at radius 1 is 1.68 bits per heavy atom. The second-order valence-electron chi connectivity index (χ2n) is 4.35. The summed E-state index contributed by atoms with van der Waals surface area (Å²) >= 11 is 0. The van der Waals surface area contributed by atoms with E-state index < -0.39 is 5.97 Å². The Morgan fingerprint density at radius 2 is 2.42 bits per heavy atom. The number of nitrogens with one attached hydrogen (secondary N) is 1. The smallest absolute Gasteiger partial charge is 0.337 e. The zero-order valence-electron chi connectivity index (χ0n) is 10.6. The summed E-state index contributed by atoms with van der Waals surface area (Å²) in [4.78, 5) is 28.5. The number of nitrogen functional groups attached to an aromatic ring is 1. The number of nitrogens with two attached hydrogens (primary N) is 1. The number of hydrogen-bond acceptors (Lipinski definition) is 5. The lowest BCUT2D eigenvalue weighted by molar-refractivity contribution is -0.123. The molecule has 1 amide bonds. The number of piperazine rings is 1. The fraction of sp³-hybridized carbons (Fsp3) is 0.417. The Hall–Kier alpha value is -2.31. The molecule has 7 heteroatoms. The van der Waals surface area contributed by atoms with Crippen molar-refractivity contribution < 1.29 is 14.7 Å². The lowest BCUT2D eigenvalue weighted by Gasteiger charge is -2.35. The fourth-order valence-electron chi connectivity index (χ4n) is 2.21. The van der Waals surface area contributed by atoms with Gasteiger partial charge in [-0.1, -0.05) is 6.92 Å². The van der Waals surface area contributed by atoms with E-state index in [1.807, 2.05) is 11.8 Å². The van der Waals surface area contributed by atoms with Crippen LogP contribution in [0.25, 0.3) is 0 Å². The third-order valence-electron chi connectivity index (χ3n) is 3.13. The zero-order valence-corrected chi connectivity index (χ0v) is 10.6. The maximum atomic E-state index is 11.8. The molecule has 0 aromatic carbocycles. The molecule has 1 fully saturated rings. The summed E-state index contributed by atoms with van der Waals surface area (Å²) in [7, 11) is 0. The first-order valence-corrected chi connectivity index (χ1v) is 6.07. The molecule has 19 heavy (non-hydrogen) atoms. The lowest BCUT2D eigenvalue weighted by atomic mass is 10.1. The molecule has 102 valence electrons. The molecule has 7 nitrogen and oxygen atoms in total. The monoisotopic (exact) mass is 264 g/mol. The van der Waals surface area contributed by atoms with E-state index in [4.69, 9.17) is 10.8 Å². The largest absolute Gasteiger partial charge is 0.478 e. The number of carboxylic acid groups (broad SMARTS) is 1. The van der Waals surface area contributed by atoms with Crippen LogP contribution >= 0.6 is 0 Å². The summed E-state index contributed by atoms with van der Waals surface area (Å²) in [5, 5.41) is 11.7. The molecule has 1 saturated heterocycles. The molecule has 1 unspecified atom stereocenters. The van der Waals surface area contributed by atoms with Gasteiger partial charge >= 0.3 is 5.97 Å². The Bertz CT molecular complexity index is 518. The minimum atomic E-state index is -1.07. The number of nitrogens with zero attached hydrogens (tertiary/aromatic N) is 2. The van der Waals surface area contributed by atoms with Crippen molar-refractivity contribution in [3.05, 3.63) is 17.8 Å². The number of carbonyl (C=O) groups is 2. The SMILES string of the molecule is CCC1C(=O)NCCN1c1ncc(C(=O)O)cc1N. The number of amides is 1. The molecular formula is C12H16N4O3. The van der Waals surface area contributed by atoms with E-state index >= 15 is 0 Å². The molecule has 1 aromatic heterocycles. The van der Waals surface area contributed by atoms with Crippen LogP contribution in [-0.2, 0) is 4.79 Å². The van der Waals surface area contributed by atoms with Crippen LogP contribution in [0.5, 0.6) is 0 Å². The van der Waals surface area contributed by atoms with Gasteiger partial charge in [0.2, 0.25) is 5.91 Å². The standard InChI is InChI=1S/C12H16N4O3/c1-2-9-11(17)14-3-4-16(9)10-8(13)5-7(6-15-10)12(18)19/h5-6,9H,2-4,13H2,1H3,(H,14,17)(H,18,19). The van der Waals surface area contributed by atoms with E-state index in [2.05, 4.69) is 10.3 Å². The normalized spacial score (nSPS) is 19.1. The first kappa shape index (κ1) is 13.1. The molecule has 2 heterocycles. The average Bonchev–Trinajstić information content (AvgIpc) is 2.38. The van der Waals surface area contributed by atoms with Gasteiger partial charge in [-0.05, 0) is 12.5 Å². The molecule has 2 rings (SSSR count). The molecule has 0 radical (unpaired) electrons. The molecule has 1 atom stereocenters. The van der Waals surface area contributed by atoms with E-state index in [-0.39, 0.29) is 23.2 Å². The van der Waals surface area contributed by atoms with Gasteiger partial charge in [0.1, 0.15) is 6.04 Å². The van der Waals surface area contributed by atoms with Crippen LogP contribution in [0.15, 0.2) is 12.3 Å². The van der Waals surface area contributed by atoms with Crippen LogP contribution in [0.2, 0.25) is 0 Å². The van der Waals surface area contributed by atoms with Crippen molar-refractivity contribution in [3.63, 3.8) is 0 Å². The van der Waals surface area contributed by atoms with E-state index in [1.165, 1.54) is 12.3 Å². The fourth-order valence-corrected chi connectivity index (χ4v) is 2.21. The quantitative estimate of drug-likeness (QED) is 0.713. The summed E-state index contributed by atoms with van der Waals surface area (Å²) in [6, 6.07) is 1.04. The topological polar surface area (TPSA) is 109 Å². The van der Waals surface area contributed by atoms with Gasteiger partial charge < -0.3 is 21.1 Å². The first-order chi connectivity index (χ1) is 9.04. The van der Waals surface area contributed by atoms with Gasteiger partial charge in [0, 0.05) is 19.3 Å². The van der Waals surface area contributed by atoms with Crippen molar-refractivity contribution >= 4 is 23.4 Å². The molecule has 0 aliphatic carbocycles. The number of rotatable bonds is 3. The van der Waals surface area contributed by atoms with Crippen LogP contribution in [0, 0.1) is 0 Å². The number of aromatic carboxylic acids is 1. The van der Waals surface area contributed by atoms with E-state index in [9.17, 15) is 9.59 Å². The Labute approximate surface area is 110 Å². The summed E-state index contributed by atoms with van der Waals surface area (Å²) in [5.41, 5.74) is 6.16. The van der Waals surface area contributed by atoms with Gasteiger partial charge in [0.05, 0.1) is 11.3 Å². The van der Waals surface area contributed by atoms with Crippen LogP contribution in [0.3, 0.4) is 0 Å². The van der Waals surface area contributed by atoms with Crippen molar-refractivity contribution in [1.82, 2.24) is 10.3 Å². The van der Waals surface area contributed by atoms with Gasteiger partial charge in [0.15, 0.2) is 5.82 Å². The Morgan fingerprint density at radius 3 is 3.00 bits per heavy atom. The number of aromatic nitrogens is 1. The molecule has 0 bridgehead atoms. The van der Waals surface area contributed by atoms with E-state index in [0.29, 0.717) is 25.3 Å². The van der Waals surface area contributed by atoms with Crippen LogP contribution in [0.1, 0.15) is 23.7 Å². The van der Waals surface area contributed by atoms with Crippen molar-refractivity contribution in [2.45, 2.75) is 19.4 Å². The Kier molecular flexibility index (Phi) is 3.55. The van der Waals surface area contributed by atoms with E-state index in [0.717, 1.165) is 0 Å². The lowest BCUT2D eigenvalue weighted by Crippen LogP contribution is -2.55. The predicted octanol–water partition coefficient (Wildman–Crippen LogP) is 0.0768. The average molecular weight is 264 g/mol. The van der Waals surface area contributed by atoms with Crippen molar-refractivity contribution in [1.29, 1.82) is 0 Å². The van der Waals surface area contributed by atoms with Crippen LogP contribution in [0.4, 0.5) is 11.5 Å². The second-order valence-corrected chi connectivity index (χ2v) is 4.35. The maximum absolute atomic E-state index is 11.8. The van der Waals surface area contributed by atoms with Gasteiger partial charge in [-0.15, -0.1) is 0 Å². The molecule has 4 N–H and O–H groups in total. The second kappa shape index (κ2) is 5.13. The minimum Gasteiger partial charge on any atom is -0.478 e. The van der Waals surface area contributed by atoms with Crippen LogP contribution in [-0.4, -0.2) is 41.1 Å². The number of anilines is 2. The summed E-state index contributed by atoms with van der Waals surface area (Å²) < 4.78 is 0. The summed E-state index contributed by atoms with van der Waals surface area (Å²) in [6.45, 7) is 3.04. The van der Waals surface area contributed by atoms with E-state index in [1.54, 1.807) is 0 Å². The van der Waals surface area contributed by atoms with Crippen LogP contribution < -0.4 is 16.0 Å². The van der Waals surface area contributed by atoms with Crippen molar-refractivity contribution in [2.75, 3.05) is 23.7 Å². The maximum Gasteiger partial charge on any atom is 0.337 e. The van der Waals surface area contributed by atoms with Gasteiger partial charge in [0.25, 0.3) is 0 Å². The highest BCUT2D eigenvalue weighted by atomic mass is 16.4. The molecule has 0 saturated carbocycles. The minimum absolute atomic E-state index is 0.0377. The van der Waals surface area contributed by atoms with Crippen molar-refractivity contribution in [3.8, 4) is 0 Å². The molecular weight excluding hydrogens is 248 g/mol. The number of pyridine rings is 1. The van der Waals surface area contributed by atoms with Crippen molar-refractivity contribution in [2.24, 2.45) is 0 Å². The third kappa shape index (κ3) is 2.44. The first-order valence-electron chi connectivity index (χ1n) is 6.07. The zero-order chi connectivity index (χ0) is 14.0. The number of carbonyl (C=O) groups excluding carboxylic acids is 1. The van der Waals surface area contributed by atoms with Gasteiger partial charge in [-0.3, -0.25) is 4.79 Å².